The Bertz CT molecular complexity index is 1300. The van der Waals surface area contributed by atoms with Gasteiger partial charge in [0, 0.05) is 6.08 Å². The molecule has 0 aliphatic heterocycles. The van der Waals surface area contributed by atoms with Crippen LogP contribution in [0.4, 0.5) is 5.88 Å². The van der Waals surface area contributed by atoms with Gasteiger partial charge in [-0.2, -0.15) is 0 Å². The molecule has 1 atom stereocenters. The molecule has 1 unspecified atom stereocenters. The number of hydrogen-bond acceptors (Lipinski definition) is 10. The number of methoxy groups -OCH3 is 3. The number of halogens is 1. The lowest BCUT2D eigenvalue weighted by Gasteiger charge is -2.27. The van der Waals surface area contributed by atoms with Gasteiger partial charge in [-0.1, -0.05) is 16.8 Å². The molecule has 0 fully saturated rings. The predicted molar refractivity (Wildman–Crippen MR) is 118 cm³/mol. The highest BCUT2D eigenvalue weighted by Crippen LogP contribution is 2.32. The average molecular weight is 516 g/mol. The molecule has 0 saturated heterocycles. The number of nitrogens with one attached hydrogen (secondary N) is 2. The first-order valence-corrected chi connectivity index (χ1v) is 11.8. The molecule has 1 aliphatic carbocycles. The highest BCUT2D eigenvalue weighted by atomic mass is 35.5. The number of aryl methyl sites for hydroxylation is 1. The second-order valence-corrected chi connectivity index (χ2v) is 9.35. The number of rotatable bonds is 8. The Morgan fingerprint density at radius 2 is 2.00 bits per heavy atom. The summed E-state index contributed by atoms with van der Waals surface area (Å²) in [6, 6.07) is 0.137. The molecule has 2 aromatic rings. The van der Waals surface area contributed by atoms with Gasteiger partial charge >= 0.3 is 0 Å². The fourth-order valence-electron chi connectivity index (χ4n) is 2.95. The SMILES string of the molecule is COC1=CC(=C=O)C(NC(=O)c2sccc2S(=O)(=O)Nc2onc(C)c2Cl)C(OC)=C1OC. The van der Waals surface area contributed by atoms with E-state index in [-0.39, 0.29) is 43.5 Å². The number of carbonyl (C=O) groups excluding carboxylic acids is 2. The number of anilines is 1. The molecule has 1 amide bonds. The minimum atomic E-state index is -4.26. The molecular weight excluding hydrogens is 498 g/mol. The van der Waals surface area contributed by atoms with Crippen molar-refractivity contribution >= 4 is 50.7 Å². The number of hydrogen-bond donors (Lipinski definition) is 2. The van der Waals surface area contributed by atoms with Crippen molar-refractivity contribution in [2.75, 3.05) is 26.1 Å². The van der Waals surface area contributed by atoms with Gasteiger partial charge in [-0.15, -0.1) is 11.3 Å². The first-order valence-electron chi connectivity index (χ1n) is 9.04. The molecule has 0 saturated carbocycles. The van der Waals surface area contributed by atoms with Crippen LogP contribution < -0.4 is 10.0 Å². The quantitative estimate of drug-likeness (QED) is 0.506. The van der Waals surface area contributed by atoms with Gasteiger partial charge in [-0.05, 0) is 18.4 Å². The number of sulfonamides is 1. The molecule has 0 spiro atoms. The number of ether oxygens (including phenoxy) is 3. The minimum Gasteiger partial charge on any atom is -0.494 e. The van der Waals surface area contributed by atoms with Crippen LogP contribution in [-0.4, -0.2) is 52.8 Å². The summed E-state index contributed by atoms with van der Waals surface area (Å²) >= 11 is 6.85. The van der Waals surface area contributed by atoms with E-state index < -0.39 is 22.0 Å². The van der Waals surface area contributed by atoms with E-state index in [0.29, 0.717) is 5.69 Å². The molecule has 3 rings (SSSR count). The van der Waals surface area contributed by atoms with Crippen molar-refractivity contribution in [2.24, 2.45) is 0 Å². The molecule has 11 nitrogen and oxygen atoms in total. The van der Waals surface area contributed by atoms with Crippen LogP contribution in [0.15, 0.2) is 49.8 Å². The second-order valence-electron chi connectivity index (χ2n) is 6.41. The Kier molecular flexibility index (Phi) is 7.18. The van der Waals surface area contributed by atoms with Crippen molar-refractivity contribution in [3.63, 3.8) is 0 Å². The standard InChI is InChI=1S/C19H18ClN3O8S2/c1-9-13(20)19(31-22-9)23-33(26,27)12-5-6-32-17(12)18(25)21-14-10(8-24)7-11(28-2)15(29-3)16(14)30-4/h5-7,14,23H,1-4H3,(H,21,25). The molecule has 0 radical (unpaired) electrons. The Morgan fingerprint density at radius 1 is 1.27 bits per heavy atom. The van der Waals surface area contributed by atoms with Crippen molar-refractivity contribution < 1.29 is 36.7 Å². The van der Waals surface area contributed by atoms with Crippen LogP contribution in [0.3, 0.4) is 0 Å². The maximum Gasteiger partial charge on any atom is 0.265 e. The summed E-state index contributed by atoms with van der Waals surface area (Å²) in [5, 5.41) is 7.58. The minimum absolute atomic E-state index is 0.00882. The van der Waals surface area contributed by atoms with Gasteiger partial charge in [0.2, 0.25) is 5.76 Å². The summed E-state index contributed by atoms with van der Waals surface area (Å²) in [5.41, 5.74) is 0.278. The predicted octanol–water partition coefficient (Wildman–Crippen LogP) is 2.40. The zero-order chi connectivity index (χ0) is 24.3. The molecule has 33 heavy (non-hydrogen) atoms. The molecule has 176 valence electrons. The van der Waals surface area contributed by atoms with Crippen molar-refractivity contribution in [2.45, 2.75) is 17.9 Å². The van der Waals surface area contributed by atoms with Gasteiger partial charge in [0.15, 0.2) is 11.5 Å². The first kappa shape index (κ1) is 24.4. The second kappa shape index (κ2) is 9.71. The van der Waals surface area contributed by atoms with Crippen LogP contribution in [0.25, 0.3) is 0 Å². The molecule has 0 aromatic carbocycles. The van der Waals surface area contributed by atoms with E-state index in [1.807, 2.05) is 0 Å². The zero-order valence-corrected chi connectivity index (χ0v) is 20.1. The topological polar surface area (TPSA) is 146 Å². The van der Waals surface area contributed by atoms with Gasteiger partial charge in [-0.3, -0.25) is 4.79 Å². The third kappa shape index (κ3) is 4.62. The number of thiophene rings is 1. The highest BCUT2D eigenvalue weighted by molar-refractivity contribution is 7.93. The summed E-state index contributed by atoms with van der Waals surface area (Å²) in [6.07, 6.45) is 1.33. The molecule has 2 aromatic heterocycles. The van der Waals surface area contributed by atoms with E-state index in [0.717, 1.165) is 11.3 Å². The Morgan fingerprint density at radius 3 is 2.55 bits per heavy atom. The summed E-state index contributed by atoms with van der Waals surface area (Å²) in [7, 11) is -0.207. The largest absolute Gasteiger partial charge is 0.494 e. The average Bonchev–Trinajstić information content (AvgIpc) is 3.41. The molecule has 1 aliphatic rings. The third-order valence-corrected chi connectivity index (χ3v) is 7.35. The van der Waals surface area contributed by atoms with E-state index in [2.05, 4.69) is 15.2 Å². The third-order valence-electron chi connectivity index (χ3n) is 4.49. The highest BCUT2D eigenvalue weighted by Gasteiger charge is 2.35. The fraction of sp³-hybridized carbons (Fsp3) is 0.263. The first-order chi connectivity index (χ1) is 15.7. The van der Waals surface area contributed by atoms with Crippen molar-refractivity contribution in [3.8, 4) is 0 Å². The van der Waals surface area contributed by atoms with Crippen LogP contribution >= 0.6 is 22.9 Å². The smallest absolute Gasteiger partial charge is 0.265 e. The van der Waals surface area contributed by atoms with Crippen LogP contribution in [0.1, 0.15) is 15.4 Å². The fourth-order valence-corrected chi connectivity index (χ4v) is 5.45. The Balaban J connectivity index is 1.94. The molecule has 0 bridgehead atoms. The summed E-state index contributed by atoms with van der Waals surface area (Å²) < 4.78 is 48.6. The van der Waals surface area contributed by atoms with Gasteiger partial charge < -0.3 is 24.1 Å². The zero-order valence-electron chi connectivity index (χ0n) is 17.7. The Labute approximate surface area is 197 Å². The number of aromatic nitrogens is 1. The molecular formula is C19H18ClN3O8S2. The maximum absolute atomic E-state index is 13.1. The lowest BCUT2D eigenvalue weighted by atomic mass is 9.98. The van der Waals surface area contributed by atoms with Crippen molar-refractivity contribution in [1.29, 1.82) is 0 Å². The van der Waals surface area contributed by atoms with Crippen LogP contribution in [0, 0.1) is 6.92 Å². The van der Waals surface area contributed by atoms with Gasteiger partial charge in [0.1, 0.15) is 32.5 Å². The summed E-state index contributed by atoms with van der Waals surface area (Å²) in [4.78, 5) is 24.1. The molecule has 2 N–H and O–H groups in total. The molecule has 2 heterocycles. The lowest BCUT2D eigenvalue weighted by molar-refractivity contribution is 0.0930. The van der Waals surface area contributed by atoms with Crippen molar-refractivity contribution in [3.05, 3.63) is 56.0 Å². The van der Waals surface area contributed by atoms with E-state index in [4.69, 9.17) is 30.3 Å². The molecule has 14 heteroatoms. The number of carbonyl (C=O) groups is 1. The van der Waals surface area contributed by atoms with Gasteiger partial charge in [0.05, 0.1) is 26.9 Å². The van der Waals surface area contributed by atoms with Gasteiger partial charge in [0.25, 0.3) is 21.8 Å². The monoisotopic (exact) mass is 515 g/mol. The Hall–Kier alpha value is -3.25. The van der Waals surface area contributed by atoms with E-state index in [1.165, 1.54) is 45.8 Å². The number of nitrogens with zero attached hydrogens (tertiary/aromatic N) is 1. The number of amides is 1. The summed E-state index contributed by atoms with van der Waals surface area (Å²) in [6.45, 7) is 1.54. The summed E-state index contributed by atoms with van der Waals surface area (Å²) in [5.74, 6) is 1.08. The van der Waals surface area contributed by atoms with E-state index in [1.54, 1.807) is 5.94 Å². The van der Waals surface area contributed by atoms with Crippen LogP contribution in [0.5, 0.6) is 0 Å². The van der Waals surface area contributed by atoms with Gasteiger partial charge in [-0.25, -0.2) is 17.9 Å². The van der Waals surface area contributed by atoms with Crippen LogP contribution in [-0.2, 0) is 29.0 Å². The maximum atomic E-state index is 13.1. The van der Waals surface area contributed by atoms with Crippen LogP contribution in [0.2, 0.25) is 5.02 Å². The normalized spacial score (nSPS) is 16.1. The lowest BCUT2D eigenvalue weighted by Crippen LogP contribution is -2.40. The van der Waals surface area contributed by atoms with Crippen molar-refractivity contribution in [1.82, 2.24) is 10.5 Å². The van der Waals surface area contributed by atoms with E-state index in [9.17, 15) is 18.0 Å². The van der Waals surface area contributed by atoms with E-state index >= 15 is 0 Å².